The average Bonchev–Trinajstić information content (AvgIpc) is 2.79. The van der Waals surface area contributed by atoms with Gasteiger partial charge in [0, 0.05) is 27.1 Å². The molecule has 0 fully saturated rings. The number of anilines is 1. The molecular formula is C22H31N3O7S2. The maximum Gasteiger partial charge on any atom is 0.242 e. The van der Waals surface area contributed by atoms with Gasteiger partial charge in [0.2, 0.25) is 26.0 Å². The van der Waals surface area contributed by atoms with Crippen molar-refractivity contribution in [3.8, 4) is 11.5 Å². The van der Waals surface area contributed by atoms with Gasteiger partial charge in [-0.2, -0.15) is 0 Å². The van der Waals surface area contributed by atoms with E-state index in [9.17, 15) is 21.6 Å². The lowest BCUT2D eigenvalue weighted by atomic mass is 10.2. The Kier molecular flexibility index (Phi) is 9.71. The molecule has 2 rings (SSSR count). The topological polar surface area (TPSA) is 122 Å². The fourth-order valence-corrected chi connectivity index (χ4v) is 4.92. The van der Waals surface area contributed by atoms with Gasteiger partial charge in [0.15, 0.2) is 0 Å². The molecule has 2 aromatic carbocycles. The minimum Gasteiger partial charge on any atom is -0.495 e. The van der Waals surface area contributed by atoms with Crippen LogP contribution in [0.1, 0.15) is 12.8 Å². The molecule has 188 valence electrons. The molecular weight excluding hydrogens is 482 g/mol. The Labute approximate surface area is 201 Å². The zero-order valence-corrected chi connectivity index (χ0v) is 21.4. The van der Waals surface area contributed by atoms with Crippen LogP contribution in [0.3, 0.4) is 0 Å². The summed E-state index contributed by atoms with van der Waals surface area (Å²) >= 11 is 0. The first-order valence-corrected chi connectivity index (χ1v) is 13.8. The molecule has 1 amide bonds. The van der Waals surface area contributed by atoms with E-state index in [1.54, 1.807) is 36.4 Å². The molecule has 0 spiro atoms. The lowest BCUT2D eigenvalue weighted by Crippen LogP contribution is -2.33. The van der Waals surface area contributed by atoms with Crippen molar-refractivity contribution in [2.45, 2.75) is 17.7 Å². The number of benzene rings is 2. The molecule has 2 aromatic rings. The largest absolute Gasteiger partial charge is 0.495 e. The molecule has 34 heavy (non-hydrogen) atoms. The van der Waals surface area contributed by atoms with Crippen LogP contribution in [0.15, 0.2) is 53.4 Å². The first-order valence-electron chi connectivity index (χ1n) is 10.5. The monoisotopic (exact) mass is 513 g/mol. The van der Waals surface area contributed by atoms with E-state index >= 15 is 0 Å². The van der Waals surface area contributed by atoms with E-state index in [1.807, 2.05) is 0 Å². The van der Waals surface area contributed by atoms with E-state index in [4.69, 9.17) is 9.47 Å². The van der Waals surface area contributed by atoms with Crippen molar-refractivity contribution in [2.24, 2.45) is 0 Å². The fourth-order valence-electron chi connectivity index (χ4n) is 3.05. The number of sulfonamides is 2. The van der Waals surface area contributed by atoms with Crippen molar-refractivity contribution in [1.82, 2.24) is 9.62 Å². The summed E-state index contributed by atoms with van der Waals surface area (Å²) in [7, 11) is -2.68. The molecule has 0 unspecified atom stereocenters. The molecule has 0 atom stereocenters. The Morgan fingerprint density at radius 2 is 1.65 bits per heavy atom. The summed E-state index contributed by atoms with van der Waals surface area (Å²) in [5.74, 6) is 0.680. The van der Waals surface area contributed by atoms with Crippen LogP contribution >= 0.6 is 0 Å². The summed E-state index contributed by atoms with van der Waals surface area (Å²) in [6.45, 7) is 0.576. The molecule has 0 heterocycles. The van der Waals surface area contributed by atoms with Gasteiger partial charge in [-0.25, -0.2) is 21.1 Å². The van der Waals surface area contributed by atoms with Gasteiger partial charge in [-0.1, -0.05) is 12.1 Å². The van der Waals surface area contributed by atoms with Crippen molar-refractivity contribution in [3.63, 3.8) is 0 Å². The number of amides is 1. The van der Waals surface area contributed by atoms with Crippen molar-refractivity contribution < 1.29 is 31.1 Å². The van der Waals surface area contributed by atoms with Crippen LogP contribution in [0.2, 0.25) is 0 Å². The van der Waals surface area contributed by atoms with Crippen LogP contribution in [-0.4, -0.2) is 74.2 Å². The van der Waals surface area contributed by atoms with E-state index < -0.39 is 20.0 Å². The normalized spacial score (nSPS) is 11.8. The second-order valence-electron chi connectivity index (χ2n) is 7.57. The van der Waals surface area contributed by atoms with Crippen molar-refractivity contribution in [3.05, 3.63) is 48.5 Å². The standard InChI is InChI=1S/C22H31N3O7S2/c1-24(2)34(29,30)19-13-11-18(12-14-19)32-17-15-23-22(26)10-7-16-25(33(4,27)28)20-8-5-6-9-21(20)31-3/h5-6,8-9,11-14H,7,10,15-17H2,1-4H3,(H,23,26). The number of hydrogen-bond acceptors (Lipinski definition) is 7. The predicted molar refractivity (Wildman–Crippen MR) is 130 cm³/mol. The smallest absolute Gasteiger partial charge is 0.242 e. The number of rotatable bonds is 13. The third-order valence-corrected chi connectivity index (χ3v) is 7.82. The number of nitrogens with one attached hydrogen (secondary N) is 1. The lowest BCUT2D eigenvalue weighted by molar-refractivity contribution is -0.121. The van der Waals surface area contributed by atoms with Gasteiger partial charge >= 0.3 is 0 Å². The zero-order valence-electron chi connectivity index (χ0n) is 19.7. The van der Waals surface area contributed by atoms with Gasteiger partial charge < -0.3 is 14.8 Å². The number of carbonyl (C=O) groups is 1. The highest BCUT2D eigenvalue weighted by Gasteiger charge is 2.21. The van der Waals surface area contributed by atoms with Crippen molar-refractivity contribution in [2.75, 3.05) is 51.5 Å². The van der Waals surface area contributed by atoms with Gasteiger partial charge in [0.25, 0.3) is 0 Å². The minimum atomic E-state index is -3.56. The molecule has 12 heteroatoms. The Bertz CT molecular complexity index is 1170. The van der Waals surface area contributed by atoms with Gasteiger partial charge in [-0.3, -0.25) is 9.10 Å². The van der Waals surface area contributed by atoms with Crippen LogP contribution in [0.25, 0.3) is 0 Å². The number of carbonyl (C=O) groups excluding carboxylic acids is 1. The first-order chi connectivity index (χ1) is 16.0. The second-order valence-corrected chi connectivity index (χ2v) is 11.6. The summed E-state index contributed by atoms with van der Waals surface area (Å²) in [5, 5.41) is 2.72. The molecule has 0 aromatic heterocycles. The quantitative estimate of drug-likeness (QED) is 0.405. The second kappa shape index (κ2) is 12.0. The Hall–Kier alpha value is -2.83. The summed E-state index contributed by atoms with van der Waals surface area (Å²) in [4.78, 5) is 12.3. The van der Waals surface area contributed by atoms with E-state index in [0.717, 1.165) is 10.6 Å². The van der Waals surface area contributed by atoms with Gasteiger partial charge in [0.1, 0.15) is 18.1 Å². The molecule has 0 aliphatic carbocycles. The number of hydrogen-bond donors (Lipinski definition) is 1. The van der Waals surface area contributed by atoms with Crippen LogP contribution in [0.5, 0.6) is 11.5 Å². The van der Waals surface area contributed by atoms with Gasteiger partial charge in [-0.05, 0) is 42.8 Å². The Balaban J connectivity index is 1.79. The van der Waals surface area contributed by atoms with Crippen LogP contribution in [0, 0.1) is 0 Å². The highest BCUT2D eigenvalue weighted by molar-refractivity contribution is 7.92. The number of nitrogens with zero attached hydrogens (tertiary/aromatic N) is 2. The maximum absolute atomic E-state index is 12.2. The van der Waals surface area contributed by atoms with Crippen LogP contribution in [-0.2, 0) is 24.8 Å². The molecule has 0 aliphatic rings. The molecule has 0 aliphatic heterocycles. The summed E-state index contributed by atoms with van der Waals surface area (Å²) in [6, 6.07) is 12.8. The Morgan fingerprint density at radius 1 is 1.00 bits per heavy atom. The zero-order chi connectivity index (χ0) is 25.4. The van der Waals surface area contributed by atoms with E-state index in [1.165, 1.54) is 37.6 Å². The highest BCUT2D eigenvalue weighted by atomic mass is 32.2. The van der Waals surface area contributed by atoms with E-state index in [-0.39, 0.29) is 36.9 Å². The van der Waals surface area contributed by atoms with Crippen molar-refractivity contribution in [1.29, 1.82) is 0 Å². The summed E-state index contributed by atoms with van der Waals surface area (Å²) < 4.78 is 61.8. The fraction of sp³-hybridized carbons (Fsp3) is 0.409. The number of methoxy groups -OCH3 is 1. The highest BCUT2D eigenvalue weighted by Crippen LogP contribution is 2.29. The lowest BCUT2D eigenvalue weighted by Gasteiger charge is -2.24. The molecule has 0 saturated carbocycles. The maximum atomic E-state index is 12.2. The average molecular weight is 514 g/mol. The number of para-hydroxylation sites is 2. The van der Waals surface area contributed by atoms with E-state index in [0.29, 0.717) is 23.6 Å². The molecule has 0 bridgehead atoms. The van der Waals surface area contributed by atoms with Crippen molar-refractivity contribution >= 4 is 31.6 Å². The molecule has 1 N–H and O–H groups in total. The SMILES string of the molecule is COc1ccccc1N(CCCC(=O)NCCOc1ccc(S(=O)(=O)N(C)C)cc1)S(C)(=O)=O. The molecule has 0 radical (unpaired) electrons. The van der Waals surface area contributed by atoms with Gasteiger partial charge in [-0.15, -0.1) is 0 Å². The van der Waals surface area contributed by atoms with Gasteiger partial charge in [0.05, 0.1) is 30.5 Å². The third kappa shape index (κ3) is 7.61. The van der Waals surface area contributed by atoms with E-state index in [2.05, 4.69) is 5.32 Å². The predicted octanol–water partition coefficient (Wildman–Crippen LogP) is 1.69. The number of ether oxygens (including phenoxy) is 2. The summed E-state index contributed by atoms with van der Waals surface area (Å²) in [6.07, 6.45) is 1.57. The summed E-state index contributed by atoms with van der Waals surface area (Å²) in [5.41, 5.74) is 0.422. The molecule has 0 saturated heterocycles. The van der Waals surface area contributed by atoms with Crippen LogP contribution in [0.4, 0.5) is 5.69 Å². The third-order valence-electron chi connectivity index (χ3n) is 4.81. The molecule has 10 nitrogen and oxygen atoms in total. The van der Waals surface area contributed by atoms with Crippen LogP contribution < -0.4 is 19.1 Å². The minimum absolute atomic E-state index is 0.130. The first kappa shape index (κ1) is 27.4. The Morgan fingerprint density at radius 3 is 2.24 bits per heavy atom.